The summed E-state index contributed by atoms with van der Waals surface area (Å²) < 4.78 is 4.72. The van der Waals surface area contributed by atoms with Crippen molar-refractivity contribution < 1.29 is 0 Å². The molecule has 2 aromatic heterocycles. The van der Waals surface area contributed by atoms with Gasteiger partial charge in [-0.3, -0.25) is 4.57 Å². The molecule has 0 unspecified atom stereocenters. The number of imidazole rings is 1. The Bertz CT molecular complexity index is 748. The summed E-state index contributed by atoms with van der Waals surface area (Å²) in [4.78, 5) is 3.24. The second kappa shape index (κ2) is 4.10. The van der Waals surface area contributed by atoms with E-state index in [9.17, 15) is 0 Å². The predicted molar refractivity (Wildman–Crippen MR) is 74.7 cm³/mol. The maximum atomic E-state index is 5.42. The van der Waals surface area contributed by atoms with E-state index in [4.69, 9.17) is 12.2 Å². The van der Waals surface area contributed by atoms with Crippen LogP contribution in [0.25, 0.3) is 16.9 Å². The van der Waals surface area contributed by atoms with Gasteiger partial charge < -0.3 is 4.98 Å². The molecule has 18 heavy (non-hydrogen) atoms. The zero-order valence-electron chi connectivity index (χ0n) is 10.3. The molecular formula is C13H14N4S. The quantitative estimate of drug-likeness (QED) is 0.717. The molecule has 4 nitrogen and oxygen atoms in total. The molecule has 92 valence electrons. The van der Waals surface area contributed by atoms with Crippen molar-refractivity contribution >= 4 is 23.4 Å². The van der Waals surface area contributed by atoms with Crippen molar-refractivity contribution in [2.24, 2.45) is 0 Å². The van der Waals surface area contributed by atoms with Gasteiger partial charge in [-0.15, -0.1) is 0 Å². The number of nitrogens with zero attached hydrogens (tertiary/aromatic N) is 3. The summed E-state index contributed by atoms with van der Waals surface area (Å²) in [7, 11) is 0. The highest BCUT2D eigenvalue weighted by Gasteiger charge is 2.14. The van der Waals surface area contributed by atoms with Crippen molar-refractivity contribution in [3.8, 4) is 5.69 Å². The van der Waals surface area contributed by atoms with E-state index in [0.717, 1.165) is 29.1 Å². The summed E-state index contributed by atoms with van der Waals surface area (Å²) in [6.45, 7) is 4.90. The zero-order chi connectivity index (χ0) is 12.7. The molecule has 0 atom stereocenters. The molecule has 3 rings (SSSR count). The van der Waals surface area contributed by atoms with Gasteiger partial charge in [-0.05, 0) is 38.2 Å². The van der Waals surface area contributed by atoms with E-state index in [0.29, 0.717) is 4.77 Å². The molecule has 0 amide bonds. The maximum Gasteiger partial charge on any atom is 0.184 e. The molecule has 0 aliphatic heterocycles. The molecule has 0 aliphatic carbocycles. The van der Waals surface area contributed by atoms with Crippen LogP contribution in [0.3, 0.4) is 0 Å². The van der Waals surface area contributed by atoms with Crippen LogP contribution in [-0.2, 0) is 6.54 Å². The Morgan fingerprint density at radius 2 is 2.00 bits per heavy atom. The first-order chi connectivity index (χ1) is 8.72. The fraction of sp³-hybridized carbons (Fsp3) is 0.231. The van der Waals surface area contributed by atoms with E-state index in [1.54, 1.807) is 0 Å². The fourth-order valence-electron chi connectivity index (χ4n) is 2.24. The second-order valence-electron chi connectivity index (χ2n) is 4.20. The number of aryl methyl sites for hydroxylation is 2. The van der Waals surface area contributed by atoms with Crippen LogP contribution in [-0.4, -0.2) is 19.3 Å². The van der Waals surface area contributed by atoms with E-state index in [1.165, 1.54) is 0 Å². The lowest BCUT2D eigenvalue weighted by atomic mass is 10.3. The van der Waals surface area contributed by atoms with E-state index < -0.39 is 0 Å². The van der Waals surface area contributed by atoms with Gasteiger partial charge >= 0.3 is 0 Å². The van der Waals surface area contributed by atoms with Crippen LogP contribution in [0.4, 0.5) is 0 Å². The van der Waals surface area contributed by atoms with E-state index in [1.807, 2.05) is 46.5 Å². The number of para-hydroxylation sites is 1. The summed E-state index contributed by atoms with van der Waals surface area (Å²) in [6, 6.07) is 10.1. The summed E-state index contributed by atoms with van der Waals surface area (Å²) in [5.74, 6) is 0. The lowest BCUT2D eigenvalue weighted by molar-refractivity contribution is 0.662. The Hall–Kier alpha value is -1.88. The van der Waals surface area contributed by atoms with Crippen LogP contribution in [0.2, 0.25) is 0 Å². The van der Waals surface area contributed by atoms with Gasteiger partial charge in [0.1, 0.15) is 5.52 Å². The number of hydrogen-bond acceptors (Lipinski definition) is 2. The fourth-order valence-corrected chi connectivity index (χ4v) is 2.53. The van der Waals surface area contributed by atoms with Crippen molar-refractivity contribution in [3.05, 3.63) is 40.8 Å². The van der Waals surface area contributed by atoms with Gasteiger partial charge in [0.05, 0.1) is 5.69 Å². The summed E-state index contributed by atoms with van der Waals surface area (Å²) in [6.07, 6.45) is 0. The molecular weight excluding hydrogens is 244 g/mol. The molecule has 0 spiro atoms. The third-order valence-electron chi connectivity index (χ3n) is 3.06. The molecule has 5 heteroatoms. The van der Waals surface area contributed by atoms with Crippen molar-refractivity contribution in [3.63, 3.8) is 0 Å². The monoisotopic (exact) mass is 258 g/mol. The average Bonchev–Trinajstić information content (AvgIpc) is 2.88. The van der Waals surface area contributed by atoms with Gasteiger partial charge in [-0.25, -0.2) is 4.68 Å². The Kier molecular flexibility index (Phi) is 2.56. The number of benzene rings is 1. The topological polar surface area (TPSA) is 38.5 Å². The Balaban J connectivity index is 2.42. The minimum Gasteiger partial charge on any atom is -0.327 e. The van der Waals surface area contributed by atoms with Gasteiger partial charge in [0, 0.05) is 12.2 Å². The van der Waals surface area contributed by atoms with Gasteiger partial charge in [0.2, 0.25) is 0 Å². The molecule has 0 radical (unpaired) electrons. The van der Waals surface area contributed by atoms with Crippen LogP contribution < -0.4 is 0 Å². The largest absolute Gasteiger partial charge is 0.327 e. The number of H-pyrrole nitrogens is 1. The van der Waals surface area contributed by atoms with E-state index in [-0.39, 0.29) is 0 Å². The smallest absolute Gasteiger partial charge is 0.184 e. The number of hydrogen-bond donors (Lipinski definition) is 1. The number of rotatable bonds is 2. The average molecular weight is 258 g/mol. The highest BCUT2D eigenvalue weighted by Crippen LogP contribution is 2.21. The zero-order valence-corrected chi connectivity index (χ0v) is 11.2. The molecule has 0 saturated heterocycles. The number of aromatic amines is 1. The summed E-state index contributed by atoms with van der Waals surface area (Å²) in [5, 5.41) is 4.51. The molecule has 1 aromatic carbocycles. The van der Waals surface area contributed by atoms with Gasteiger partial charge in [-0.1, -0.05) is 18.2 Å². The van der Waals surface area contributed by atoms with Crippen molar-refractivity contribution in [2.75, 3.05) is 0 Å². The number of nitrogens with one attached hydrogen (secondary N) is 1. The van der Waals surface area contributed by atoms with Crippen molar-refractivity contribution in [1.82, 2.24) is 19.3 Å². The lowest BCUT2D eigenvalue weighted by Gasteiger charge is -2.05. The highest BCUT2D eigenvalue weighted by molar-refractivity contribution is 7.71. The Labute approximate surface area is 110 Å². The maximum absolute atomic E-state index is 5.42. The van der Waals surface area contributed by atoms with Crippen LogP contribution >= 0.6 is 12.2 Å². The van der Waals surface area contributed by atoms with Crippen LogP contribution in [0.1, 0.15) is 12.6 Å². The first kappa shape index (κ1) is 11.2. The summed E-state index contributed by atoms with van der Waals surface area (Å²) in [5.41, 5.74) is 4.09. The standard InChI is InChI=1S/C13H14N4S/c1-3-16-12-11(9(2)15-16)14-13(18)17(12)10-7-5-4-6-8-10/h4-8H,3H2,1-2H3,(H,14,18). The minimum atomic E-state index is 0.707. The summed E-state index contributed by atoms with van der Waals surface area (Å²) >= 11 is 5.42. The number of aromatic nitrogens is 4. The molecule has 1 N–H and O–H groups in total. The van der Waals surface area contributed by atoms with Gasteiger partial charge in [0.15, 0.2) is 10.4 Å². The molecule has 0 saturated carbocycles. The van der Waals surface area contributed by atoms with Gasteiger partial charge in [-0.2, -0.15) is 5.10 Å². The van der Waals surface area contributed by atoms with Crippen LogP contribution in [0, 0.1) is 11.7 Å². The molecule has 0 bridgehead atoms. The molecule has 3 aromatic rings. The Morgan fingerprint density at radius 1 is 1.28 bits per heavy atom. The SMILES string of the molecule is CCn1nc(C)c2[nH]c(=S)n(-c3ccccc3)c21. The molecule has 0 aliphatic rings. The third kappa shape index (κ3) is 1.51. The third-order valence-corrected chi connectivity index (χ3v) is 3.35. The van der Waals surface area contributed by atoms with E-state index in [2.05, 4.69) is 17.0 Å². The van der Waals surface area contributed by atoms with Crippen LogP contribution in [0.15, 0.2) is 30.3 Å². The molecule has 2 heterocycles. The lowest BCUT2D eigenvalue weighted by Crippen LogP contribution is -2.03. The minimum absolute atomic E-state index is 0.707. The van der Waals surface area contributed by atoms with Gasteiger partial charge in [0.25, 0.3) is 0 Å². The number of fused-ring (bicyclic) bond motifs is 1. The molecule has 0 fully saturated rings. The second-order valence-corrected chi connectivity index (χ2v) is 4.59. The highest BCUT2D eigenvalue weighted by atomic mass is 32.1. The predicted octanol–water partition coefficient (Wildman–Crippen LogP) is 3.21. The van der Waals surface area contributed by atoms with Crippen LogP contribution in [0.5, 0.6) is 0 Å². The first-order valence-electron chi connectivity index (χ1n) is 5.96. The Morgan fingerprint density at radius 3 is 2.67 bits per heavy atom. The normalized spacial score (nSPS) is 11.2. The van der Waals surface area contributed by atoms with E-state index >= 15 is 0 Å². The van der Waals surface area contributed by atoms with Crippen molar-refractivity contribution in [2.45, 2.75) is 20.4 Å². The van der Waals surface area contributed by atoms with Crippen molar-refractivity contribution in [1.29, 1.82) is 0 Å². The first-order valence-corrected chi connectivity index (χ1v) is 6.36.